The molecule has 1 aliphatic rings. The highest BCUT2D eigenvalue weighted by molar-refractivity contribution is 5.68. The van der Waals surface area contributed by atoms with Gasteiger partial charge in [0.15, 0.2) is 0 Å². The number of hydrogen-bond acceptors (Lipinski definition) is 4. The highest BCUT2D eigenvalue weighted by Gasteiger charge is 2.17. The summed E-state index contributed by atoms with van der Waals surface area (Å²) >= 11 is 0. The molecular weight excluding hydrogens is 245 g/mol. The molecule has 1 fully saturated rings. The lowest BCUT2D eigenvalue weighted by molar-refractivity contribution is 0.204. The number of nitrogens with two attached hydrogens (primary N) is 1. The Morgan fingerprint density at radius 2 is 2.05 bits per heavy atom. The van der Waals surface area contributed by atoms with E-state index in [0.717, 1.165) is 38.3 Å². The van der Waals surface area contributed by atoms with Gasteiger partial charge in [-0.15, -0.1) is 0 Å². The molecule has 0 atom stereocenters. The number of hydrogen-bond donors (Lipinski definition) is 2. The van der Waals surface area contributed by atoms with Crippen molar-refractivity contribution in [3.8, 4) is 0 Å². The number of aliphatic hydroxyl groups excluding tert-OH is 1. The second-order valence-corrected chi connectivity index (χ2v) is 5.07. The third kappa shape index (κ3) is 3.36. The smallest absolute Gasteiger partial charge is 0.128 e. The summed E-state index contributed by atoms with van der Waals surface area (Å²) in [7, 11) is 0. The summed E-state index contributed by atoms with van der Waals surface area (Å²) in [5.41, 5.74) is 7.98. The van der Waals surface area contributed by atoms with Crippen LogP contribution >= 0.6 is 0 Å². The van der Waals surface area contributed by atoms with Gasteiger partial charge in [0.25, 0.3) is 0 Å². The van der Waals surface area contributed by atoms with Crippen LogP contribution in [-0.4, -0.2) is 49.3 Å². The van der Waals surface area contributed by atoms with Gasteiger partial charge in [-0.05, 0) is 37.6 Å². The number of benzene rings is 1. The molecule has 5 heteroatoms. The summed E-state index contributed by atoms with van der Waals surface area (Å²) < 4.78 is 13.4. The number of aliphatic hydroxyl groups is 1. The second-order valence-electron chi connectivity index (χ2n) is 5.07. The van der Waals surface area contributed by atoms with E-state index in [4.69, 9.17) is 10.8 Å². The Labute approximate surface area is 113 Å². The van der Waals surface area contributed by atoms with Crippen molar-refractivity contribution in [3.63, 3.8) is 0 Å². The SMILES string of the molecule is Cc1cc(N2CCCN(CCO)CC2)c(N)cc1F. The molecular formula is C14H22FN3O. The number of anilines is 2. The summed E-state index contributed by atoms with van der Waals surface area (Å²) in [6.07, 6.45) is 1.02. The number of β-amino-alcohol motifs (C(OH)–C–C–N with tert-alkyl or cyclic N) is 1. The van der Waals surface area contributed by atoms with Gasteiger partial charge in [-0.25, -0.2) is 4.39 Å². The van der Waals surface area contributed by atoms with Crippen LogP contribution in [0.2, 0.25) is 0 Å². The molecule has 1 aromatic carbocycles. The van der Waals surface area contributed by atoms with Gasteiger partial charge in [0.2, 0.25) is 0 Å². The molecule has 1 aromatic rings. The Morgan fingerprint density at radius 1 is 1.26 bits per heavy atom. The van der Waals surface area contributed by atoms with E-state index < -0.39 is 0 Å². The fourth-order valence-corrected chi connectivity index (χ4v) is 2.53. The highest BCUT2D eigenvalue weighted by Crippen LogP contribution is 2.27. The van der Waals surface area contributed by atoms with Crippen LogP contribution < -0.4 is 10.6 Å². The first kappa shape index (κ1) is 14.1. The van der Waals surface area contributed by atoms with Crippen molar-refractivity contribution in [3.05, 3.63) is 23.5 Å². The molecule has 106 valence electrons. The van der Waals surface area contributed by atoms with E-state index in [9.17, 15) is 4.39 Å². The zero-order chi connectivity index (χ0) is 13.8. The second kappa shape index (κ2) is 6.21. The average Bonchev–Trinajstić information content (AvgIpc) is 2.60. The first-order chi connectivity index (χ1) is 9.11. The van der Waals surface area contributed by atoms with E-state index in [1.54, 1.807) is 6.92 Å². The fourth-order valence-electron chi connectivity index (χ4n) is 2.53. The number of aryl methyl sites for hydroxylation is 1. The molecule has 1 heterocycles. The molecule has 0 saturated carbocycles. The Bertz CT molecular complexity index is 439. The maximum atomic E-state index is 13.4. The summed E-state index contributed by atoms with van der Waals surface area (Å²) in [5, 5.41) is 8.99. The molecule has 1 aliphatic heterocycles. The van der Waals surface area contributed by atoms with Crippen LogP contribution in [0.25, 0.3) is 0 Å². The predicted octanol–water partition coefficient (Wildman–Crippen LogP) is 1.22. The van der Waals surface area contributed by atoms with Gasteiger partial charge in [-0.3, -0.25) is 4.90 Å². The van der Waals surface area contributed by atoms with E-state index in [0.29, 0.717) is 17.8 Å². The molecule has 1 saturated heterocycles. The minimum Gasteiger partial charge on any atom is -0.397 e. The Morgan fingerprint density at radius 3 is 2.79 bits per heavy atom. The van der Waals surface area contributed by atoms with Crippen LogP contribution in [0.5, 0.6) is 0 Å². The zero-order valence-electron chi connectivity index (χ0n) is 11.4. The van der Waals surface area contributed by atoms with Crippen molar-refractivity contribution >= 4 is 11.4 Å². The van der Waals surface area contributed by atoms with Crippen molar-refractivity contribution in [2.24, 2.45) is 0 Å². The Hall–Kier alpha value is -1.33. The van der Waals surface area contributed by atoms with Crippen molar-refractivity contribution in [2.75, 3.05) is 50.0 Å². The minimum atomic E-state index is -0.252. The lowest BCUT2D eigenvalue weighted by Crippen LogP contribution is -2.32. The van der Waals surface area contributed by atoms with Crippen molar-refractivity contribution in [1.29, 1.82) is 0 Å². The molecule has 0 bridgehead atoms. The summed E-state index contributed by atoms with van der Waals surface area (Å²) in [5.74, 6) is -0.252. The molecule has 0 aliphatic carbocycles. The normalized spacial score (nSPS) is 17.5. The van der Waals surface area contributed by atoms with Gasteiger partial charge < -0.3 is 15.7 Å². The van der Waals surface area contributed by atoms with Crippen molar-refractivity contribution in [1.82, 2.24) is 4.90 Å². The topological polar surface area (TPSA) is 52.7 Å². The molecule has 2 rings (SSSR count). The van der Waals surface area contributed by atoms with Crippen LogP contribution in [-0.2, 0) is 0 Å². The molecule has 0 aromatic heterocycles. The van der Waals surface area contributed by atoms with Gasteiger partial charge >= 0.3 is 0 Å². The predicted molar refractivity (Wildman–Crippen MR) is 75.9 cm³/mol. The van der Waals surface area contributed by atoms with E-state index in [2.05, 4.69) is 9.80 Å². The largest absolute Gasteiger partial charge is 0.397 e. The van der Waals surface area contributed by atoms with Crippen LogP contribution in [0.3, 0.4) is 0 Å². The summed E-state index contributed by atoms with van der Waals surface area (Å²) in [4.78, 5) is 4.45. The first-order valence-corrected chi connectivity index (χ1v) is 6.75. The fraction of sp³-hybridized carbons (Fsp3) is 0.571. The van der Waals surface area contributed by atoms with Crippen LogP contribution in [0.15, 0.2) is 12.1 Å². The van der Waals surface area contributed by atoms with E-state index in [1.165, 1.54) is 6.07 Å². The van der Waals surface area contributed by atoms with Crippen molar-refractivity contribution < 1.29 is 9.50 Å². The van der Waals surface area contributed by atoms with Gasteiger partial charge in [-0.2, -0.15) is 0 Å². The number of halogens is 1. The molecule has 0 spiro atoms. The summed E-state index contributed by atoms with van der Waals surface area (Å²) in [6, 6.07) is 3.23. The number of nitrogen functional groups attached to an aromatic ring is 1. The molecule has 0 amide bonds. The highest BCUT2D eigenvalue weighted by atomic mass is 19.1. The van der Waals surface area contributed by atoms with Gasteiger partial charge in [0, 0.05) is 26.2 Å². The third-order valence-corrected chi connectivity index (χ3v) is 3.65. The van der Waals surface area contributed by atoms with Gasteiger partial charge in [0.05, 0.1) is 18.0 Å². The lowest BCUT2D eigenvalue weighted by Gasteiger charge is -2.25. The van der Waals surface area contributed by atoms with Crippen LogP contribution in [0, 0.1) is 12.7 Å². The lowest BCUT2D eigenvalue weighted by atomic mass is 10.1. The average molecular weight is 267 g/mol. The van der Waals surface area contributed by atoms with Crippen LogP contribution in [0.4, 0.5) is 15.8 Å². The Kier molecular flexibility index (Phi) is 4.61. The molecule has 3 N–H and O–H groups in total. The standard InChI is InChI=1S/C14H22FN3O/c1-11-9-14(13(16)10-12(11)15)18-4-2-3-17(5-6-18)7-8-19/h9-10,19H,2-8,16H2,1H3. The molecule has 4 nitrogen and oxygen atoms in total. The third-order valence-electron chi connectivity index (χ3n) is 3.65. The maximum Gasteiger partial charge on any atom is 0.128 e. The minimum absolute atomic E-state index is 0.192. The maximum absolute atomic E-state index is 13.4. The number of nitrogens with zero attached hydrogens (tertiary/aromatic N) is 2. The first-order valence-electron chi connectivity index (χ1n) is 6.75. The monoisotopic (exact) mass is 267 g/mol. The van der Waals surface area contributed by atoms with Gasteiger partial charge in [-0.1, -0.05) is 0 Å². The molecule has 0 radical (unpaired) electrons. The quantitative estimate of drug-likeness (QED) is 0.809. The van der Waals surface area contributed by atoms with E-state index in [1.807, 2.05) is 6.07 Å². The van der Waals surface area contributed by atoms with E-state index >= 15 is 0 Å². The number of rotatable bonds is 3. The van der Waals surface area contributed by atoms with Crippen LogP contribution in [0.1, 0.15) is 12.0 Å². The van der Waals surface area contributed by atoms with Gasteiger partial charge in [0.1, 0.15) is 5.82 Å². The van der Waals surface area contributed by atoms with E-state index in [-0.39, 0.29) is 12.4 Å². The molecule has 0 unspecified atom stereocenters. The Balaban J connectivity index is 2.12. The zero-order valence-corrected chi connectivity index (χ0v) is 11.4. The summed E-state index contributed by atoms with van der Waals surface area (Å²) in [6.45, 7) is 6.32. The van der Waals surface area contributed by atoms with Crippen molar-refractivity contribution in [2.45, 2.75) is 13.3 Å². The molecule has 19 heavy (non-hydrogen) atoms.